The van der Waals surface area contributed by atoms with Gasteiger partial charge in [0.25, 0.3) is 5.91 Å². The number of benzene rings is 2. The van der Waals surface area contributed by atoms with Crippen molar-refractivity contribution >= 4 is 52.3 Å². The number of imide groups is 1. The summed E-state index contributed by atoms with van der Waals surface area (Å²) in [4.78, 5) is 46.9. The second kappa shape index (κ2) is 6.80. The van der Waals surface area contributed by atoms with Crippen molar-refractivity contribution in [2.24, 2.45) is 11.8 Å². The number of fused-ring (bicyclic) bond motifs is 7. The Labute approximate surface area is 195 Å². The number of nitrogens with zero attached hydrogens (tertiary/aromatic N) is 3. The van der Waals surface area contributed by atoms with E-state index in [2.05, 4.69) is 4.90 Å². The molecule has 0 aliphatic carbocycles. The monoisotopic (exact) mass is 469 g/mol. The molecule has 0 aromatic heterocycles. The molecule has 0 saturated carbocycles. The van der Waals surface area contributed by atoms with Gasteiger partial charge in [0.2, 0.25) is 11.8 Å². The Hall–Kier alpha value is -2.41. The van der Waals surface area contributed by atoms with Crippen LogP contribution in [0, 0.1) is 11.8 Å². The molecule has 3 saturated heterocycles. The van der Waals surface area contributed by atoms with Gasteiger partial charge in [-0.25, -0.2) is 4.90 Å². The molecule has 32 heavy (non-hydrogen) atoms. The quantitative estimate of drug-likeness (QED) is 0.626. The summed E-state index contributed by atoms with van der Waals surface area (Å²) in [6, 6.07) is 12.2. The Morgan fingerprint density at radius 3 is 2.47 bits per heavy atom. The number of likely N-dealkylation sites (N-methyl/N-ethyl adjacent to an activating group) is 1. The first kappa shape index (κ1) is 20.2. The van der Waals surface area contributed by atoms with E-state index in [0.717, 1.165) is 24.1 Å². The predicted octanol–water partition coefficient (Wildman–Crippen LogP) is 3.84. The van der Waals surface area contributed by atoms with Crippen LogP contribution in [-0.4, -0.2) is 41.8 Å². The number of para-hydroxylation sites is 1. The fourth-order valence-electron chi connectivity index (χ4n) is 6.58. The van der Waals surface area contributed by atoms with Gasteiger partial charge in [-0.2, -0.15) is 0 Å². The molecule has 0 bridgehead atoms. The van der Waals surface area contributed by atoms with E-state index < -0.39 is 17.4 Å². The standard InChI is InChI=1S/C24H21Cl2N3O3/c1-2-27-17-7-4-3-6-16(17)24(23(27)32)20-19(18-8-5-9-28(18)24)21(30)29(22(20)31)15-11-13(25)10-14(26)12-15/h3-4,6-7,10-12,18-20H,2,5,8-9H2,1H3. The number of carbonyl (C=O) groups is 3. The maximum atomic E-state index is 14.1. The second-order valence-corrected chi connectivity index (χ2v) is 9.75. The van der Waals surface area contributed by atoms with Gasteiger partial charge in [-0.3, -0.25) is 19.3 Å². The molecular formula is C24H21Cl2N3O3. The van der Waals surface area contributed by atoms with Gasteiger partial charge in [0.1, 0.15) is 5.54 Å². The number of carbonyl (C=O) groups excluding carboxylic acids is 3. The molecule has 3 amide bonds. The lowest BCUT2D eigenvalue weighted by molar-refractivity contribution is -0.137. The number of rotatable bonds is 2. The van der Waals surface area contributed by atoms with Gasteiger partial charge in [-0.15, -0.1) is 0 Å². The largest absolute Gasteiger partial charge is 0.310 e. The predicted molar refractivity (Wildman–Crippen MR) is 122 cm³/mol. The highest BCUT2D eigenvalue weighted by molar-refractivity contribution is 6.36. The minimum atomic E-state index is -1.15. The first-order valence-corrected chi connectivity index (χ1v) is 11.7. The molecule has 4 heterocycles. The third-order valence-electron chi connectivity index (χ3n) is 7.57. The lowest BCUT2D eigenvalue weighted by atomic mass is 9.75. The Bertz CT molecular complexity index is 1180. The van der Waals surface area contributed by atoms with Crippen LogP contribution in [0.5, 0.6) is 0 Å². The first-order valence-electron chi connectivity index (χ1n) is 10.9. The van der Waals surface area contributed by atoms with E-state index in [1.165, 1.54) is 4.90 Å². The van der Waals surface area contributed by atoms with Crippen LogP contribution >= 0.6 is 23.2 Å². The zero-order valence-corrected chi connectivity index (χ0v) is 18.9. The van der Waals surface area contributed by atoms with Crippen LogP contribution in [0.4, 0.5) is 11.4 Å². The highest BCUT2D eigenvalue weighted by atomic mass is 35.5. The van der Waals surface area contributed by atoms with Crippen molar-refractivity contribution < 1.29 is 14.4 Å². The van der Waals surface area contributed by atoms with Crippen LogP contribution in [-0.2, 0) is 19.9 Å². The molecule has 164 valence electrons. The Morgan fingerprint density at radius 1 is 1.03 bits per heavy atom. The second-order valence-electron chi connectivity index (χ2n) is 8.88. The Kier molecular flexibility index (Phi) is 4.29. The summed E-state index contributed by atoms with van der Waals surface area (Å²) >= 11 is 12.4. The summed E-state index contributed by atoms with van der Waals surface area (Å²) in [6.45, 7) is 3.13. The summed E-state index contributed by atoms with van der Waals surface area (Å²) in [6.07, 6.45) is 1.68. The molecule has 0 radical (unpaired) electrons. The van der Waals surface area contributed by atoms with Crippen LogP contribution < -0.4 is 9.80 Å². The zero-order chi connectivity index (χ0) is 22.4. The van der Waals surface area contributed by atoms with Gasteiger partial charge in [-0.1, -0.05) is 41.4 Å². The molecular weight excluding hydrogens is 449 g/mol. The summed E-state index contributed by atoms with van der Waals surface area (Å²) in [5.41, 5.74) is 0.870. The molecule has 0 N–H and O–H groups in total. The molecule has 2 aromatic rings. The molecule has 4 unspecified atom stereocenters. The van der Waals surface area contributed by atoms with Crippen molar-refractivity contribution in [3.8, 4) is 0 Å². The maximum absolute atomic E-state index is 14.1. The molecule has 6 rings (SSSR count). The van der Waals surface area contributed by atoms with Crippen molar-refractivity contribution in [1.29, 1.82) is 0 Å². The highest BCUT2D eigenvalue weighted by Crippen LogP contribution is 2.61. The number of halogens is 2. The van der Waals surface area contributed by atoms with Gasteiger partial charge in [0.15, 0.2) is 0 Å². The summed E-state index contributed by atoms with van der Waals surface area (Å²) in [5, 5.41) is 0.698. The fraction of sp³-hybridized carbons (Fsp3) is 0.375. The minimum Gasteiger partial charge on any atom is -0.310 e. The average Bonchev–Trinajstić information content (AvgIpc) is 3.45. The maximum Gasteiger partial charge on any atom is 0.253 e. The van der Waals surface area contributed by atoms with Gasteiger partial charge in [-0.05, 0) is 50.6 Å². The van der Waals surface area contributed by atoms with E-state index in [1.54, 1.807) is 23.1 Å². The van der Waals surface area contributed by atoms with Crippen molar-refractivity contribution in [1.82, 2.24) is 4.90 Å². The molecule has 4 atom stereocenters. The van der Waals surface area contributed by atoms with E-state index in [0.29, 0.717) is 28.8 Å². The SMILES string of the molecule is CCN1C(=O)C2(c3ccccc31)C1C(=O)N(c3cc(Cl)cc(Cl)c3)C(=O)C1C1CCCN12. The topological polar surface area (TPSA) is 60.9 Å². The van der Waals surface area contributed by atoms with E-state index in [4.69, 9.17) is 23.2 Å². The molecule has 6 nitrogen and oxygen atoms in total. The van der Waals surface area contributed by atoms with Crippen molar-refractivity contribution in [3.05, 3.63) is 58.1 Å². The molecule has 4 aliphatic heterocycles. The zero-order valence-electron chi connectivity index (χ0n) is 17.4. The average molecular weight is 470 g/mol. The van der Waals surface area contributed by atoms with Crippen LogP contribution in [0.1, 0.15) is 25.3 Å². The number of hydrogen-bond acceptors (Lipinski definition) is 4. The van der Waals surface area contributed by atoms with E-state index >= 15 is 0 Å². The van der Waals surface area contributed by atoms with E-state index in [-0.39, 0.29) is 23.8 Å². The Morgan fingerprint density at radius 2 is 1.75 bits per heavy atom. The smallest absolute Gasteiger partial charge is 0.253 e. The number of hydrogen-bond donors (Lipinski definition) is 0. The minimum absolute atomic E-state index is 0.104. The van der Waals surface area contributed by atoms with Crippen LogP contribution in [0.2, 0.25) is 10.0 Å². The molecule has 3 fully saturated rings. The van der Waals surface area contributed by atoms with Crippen molar-refractivity contribution in [2.45, 2.75) is 31.3 Å². The summed E-state index contributed by atoms with van der Waals surface area (Å²) in [5.74, 6) is -2.08. The normalized spacial score (nSPS) is 31.1. The summed E-state index contributed by atoms with van der Waals surface area (Å²) < 4.78 is 0. The van der Waals surface area contributed by atoms with Gasteiger partial charge < -0.3 is 4.90 Å². The highest BCUT2D eigenvalue weighted by Gasteiger charge is 2.75. The van der Waals surface area contributed by atoms with Gasteiger partial charge in [0.05, 0.1) is 17.5 Å². The van der Waals surface area contributed by atoms with Gasteiger partial charge >= 0.3 is 0 Å². The number of anilines is 2. The first-order chi connectivity index (χ1) is 15.4. The lowest BCUT2D eigenvalue weighted by Gasteiger charge is -2.37. The van der Waals surface area contributed by atoms with Crippen LogP contribution in [0.25, 0.3) is 0 Å². The van der Waals surface area contributed by atoms with Gasteiger partial charge in [0, 0.05) is 33.9 Å². The van der Waals surface area contributed by atoms with Crippen molar-refractivity contribution in [2.75, 3.05) is 22.9 Å². The fourth-order valence-corrected chi connectivity index (χ4v) is 7.09. The molecule has 1 spiro atoms. The van der Waals surface area contributed by atoms with Crippen molar-refractivity contribution in [3.63, 3.8) is 0 Å². The summed E-state index contributed by atoms with van der Waals surface area (Å²) in [7, 11) is 0. The molecule has 4 aliphatic rings. The van der Waals surface area contributed by atoms with Crippen LogP contribution in [0.15, 0.2) is 42.5 Å². The molecule has 8 heteroatoms. The Balaban J connectivity index is 1.57. The van der Waals surface area contributed by atoms with E-state index in [1.807, 2.05) is 31.2 Å². The third-order valence-corrected chi connectivity index (χ3v) is 8.00. The molecule has 2 aromatic carbocycles. The van der Waals surface area contributed by atoms with Crippen LogP contribution in [0.3, 0.4) is 0 Å². The van der Waals surface area contributed by atoms with E-state index in [9.17, 15) is 14.4 Å². The number of amides is 3. The lowest BCUT2D eigenvalue weighted by Crippen LogP contribution is -2.56. The third kappa shape index (κ3) is 2.28.